The van der Waals surface area contributed by atoms with Gasteiger partial charge >= 0.3 is 0 Å². The molecule has 0 saturated heterocycles. The fourth-order valence-corrected chi connectivity index (χ4v) is 2.44. The molecule has 3 heteroatoms. The molecule has 0 fully saturated rings. The smallest absolute Gasteiger partial charge is 0.0281 e. The Kier molecular flexibility index (Phi) is 4.58. The number of nitrogens with two attached hydrogens (primary N) is 1. The van der Waals surface area contributed by atoms with E-state index in [1.165, 1.54) is 9.75 Å². The van der Waals surface area contributed by atoms with Crippen LogP contribution < -0.4 is 11.3 Å². The van der Waals surface area contributed by atoms with Gasteiger partial charge in [0.25, 0.3) is 0 Å². The van der Waals surface area contributed by atoms with Gasteiger partial charge < -0.3 is 0 Å². The van der Waals surface area contributed by atoms with Crippen LogP contribution in [0.5, 0.6) is 0 Å². The van der Waals surface area contributed by atoms with Crippen LogP contribution in [0.2, 0.25) is 0 Å². The number of aryl methyl sites for hydroxylation is 1. The lowest BCUT2D eigenvalue weighted by molar-refractivity contribution is 0.406. The molecule has 0 aliphatic heterocycles. The Morgan fingerprint density at radius 2 is 2.00 bits per heavy atom. The molecule has 0 spiro atoms. The molecule has 0 aliphatic carbocycles. The van der Waals surface area contributed by atoms with Crippen molar-refractivity contribution in [1.29, 1.82) is 0 Å². The average molecular weight is 212 g/mol. The molecule has 1 atom stereocenters. The monoisotopic (exact) mass is 212 g/mol. The first-order valence-electron chi connectivity index (χ1n) is 5.21. The van der Waals surface area contributed by atoms with E-state index in [4.69, 9.17) is 5.84 Å². The molecule has 2 nitrogen and oxygen atoms in total. The normalized spacial score (nSPS) is 13.5. The highest BCUT2D eigenvalue weighted by Crippen LogP contribution is 2.20. The van der Waals surface area contributed by atoms with Crippen LogP contribution in [0, 0.1) is 5.92 Å². The van der Waals surface area contributed by atoms with E-state index in [-0.39, 0.29) is 0 Å². The number of hydrazine groups is 1. The van der Waals surface area contributed by atoms with Gasteiger partial charge in [0, 0.05) is 15.8 Å². The van der Waals surface area contributed by atoms with Crippen LogP contribution in [0.15, 0.2) is 12.1 Å². The lowest BCUT2D eigenvalue weighted by Gasteiger charge is -2.18. The van der Waals surface area contributed by atoms with Crippen molar-refractivity contribution in [3.8, 4) is 0 Å². The van der Waals surface area contributed by atoms with Gasteiger partial charge in [0.1, 0.15) is 0 Å². The van der Waals surface area contributed by atoms with Gasteiger partial charge in [-0.1, -0.05) is 20.8 Å². The highest BCUT2D eigenvalue weighted by Gasteiger charge is 2.12. The fraction of sp³-hybridized carbons (Fsp3) is 0.636. The maximum Gasteiger partial charge on any atom is 0.0281 e. The molecule has 0 aliphatic rings. The number of hydrogen-bond acceptors (Lipinski definition) is 3. The van der Waals surface area contributed by atoms with E-state index in [1.54, 1.807) is 0 Å². The number of rotatable bonds is 5. The third kappa shape index (κ3) is 3.08. The van der Waals surface area contributed by atoms with Crippen LogP contribution in [0.25, 0.3) is 0 Å². The summed E-state index contributed by atoms with van der Waals surface area (Å²) in [4.78, 5) is 2.89. The van der Waals surface area contributed by atoms with Gasteiger partial charge in [-0.05, 0) is 30.9 Å². The molecule has 0 radical (unpaired) electrons. The Hall–Kier alpha value is -0.380. The highest BCUT2D eigenvalue weighted by molar-refractivity contribution is 7.11. The summed E-state index contributed by atoms with van der Waals surface area (Å²) in [5.41, 5.74) is 2.88. The summed E-state index contributed by atoms with van der Waals surface area (Å²) in [6.07, 6.45) is 2.17. The zero-order valence-corrected chi connectivity index (χ0v) is 10.0. The molecule has 3 N–H and O–H groups in total. The molecule has 0 bridgehead atoms. The van der Waals surface area contributed by atoms with E-state index in [2.05, 4.69) is 38.3 Å². The molecule has 1 heterocycles. The van der Waals surface area contributed by atoms with Crippen molar-refractivity contribution in [2.75, 3.05) is 0 Å². The Morgan fingerprint density at radius 3 is 2.43 bits per heavy atom. The van der Waals surface area contributed by atoms with E-state index in [9.17, 15) is 0 Å². The topological polar surface area (TPSA) is 38.0 Å². The van der Waals surface area contributed by atoms with Gasteiger partial charge in [-0.15, -0.1) is 11.3 Å². The summed E-state index contributed by atoms with van der Waals surface area (Å²) >= 11 is 1.90. The quantitative estimate of drug-likeness (QED) is 0.581. The van der Waals surface area contributed by atoms with E-state index in [0.29, 0.717) is 12.0 Å². The molecule has 0 saturated carbocycles. The van der Waals surface area contributed by atoms with Crippen molar-refractivity contribution < 1.29 is 0 Å². The first kappa shape index (κ1) is 11.7. The van der Waals surface area contributed by atoms with Crippen molar-refractivity contribution in [2.24, 2.45) is 11.8 Å². The minimum atomic E-state index is 0.387. The van der Waals surface area contributed by atoms with Gasteiger partial charge in [0.15, 0.2) is 0 Å². The third-order valence-corrected chi connectivity index (χ3v) is 3.76. The van der Waals surface area contributed by atoms with Gasteiger partial charge in [-0.3, -0.25) is 11.3 Å². The van der Waals surface area contributed by atoms with E-state index in [0.717, 1.165) is 12.8 Å². The second kappa shape index (κ2) is 5.49. The maximum absolute atomic E-state index is 5.52. The Labute approximate surface area is 90.5 Å². The Bertz CT molecular complexity index is 268. The molecular weight excluding hydrogens is 192 g/mol. The minimum Gasteiger partial charge on any atom is -0.271 e. The summed E-state index contributed by atoms with van der Waals surface area (Å²) in [6.45, 7) is 6.58. The number of thiophene rings is 1. The average Bonchev–Trinajstić information content (AvgIpc) is 2.61. The highest BCUT2D eigenvalue weighted by atomic mass is 32.1. The Balaban J connectivity index is 2.57. The molecule has 14 heavy (non-hydrogen) atoms. The number of nitrogens with one attached hydrogen (secondary N) is 1. The zero-order chi connectivity index (χ0) is 10.6. The van der Waals surface area contributed by atoms with Crippen molar-refractivity contribution in [1.82, 2.24) is 5.43 Å². The summed E-state index contributed by atoms with van der Waals surface area (Å²) in [5, 5.41) is 0. The summed E-state index contributed by atoms with van der Waals surface area (Å²) in [5.74, 6) is 6.09. The zero-order valence-electron chi connectivity index (χ0n) is 9.21. The van der Waals surface area contributed by atoms with Gasteiger partial charge in [-0.25, -0.2) is 0 Å². The lowest BCUT2D eigenvalue weighted by atomic mass is 10.0. The van der Waals surface area contributed by atoms with Crippen LogP contribution in [0.1, 0.15) is 30.5 Å². The lowest BCUT2D eigenvalue weighted by Crippen LogP contribution is -2.40. The Morgan fingerprint density at radius 1 is 1.36 bits per heavy atom. The van der Waals surface area contributed by atoms with Crippen molar-refractivity contribution in [2.45, 2.75) is 39.7 Å². The second-order valence-corrected chi connectivity index (χ2v) is 5.20. The first-order chi connectivity index (χ1) is 6.67. The summed E-state index contributed by atoms with van der Waals surface area (Å²) in [7, 11) is 0. The third-order valence-electron chi connectivity index (χ3n) is 2.51. The molecular formula is C11H20N2S. The standard InChI is InChI=1S/C11H20N2S/c1-4-9-5-6-10(14-9)7-11(13-12)8(2)3/h5-6,8,11,13H,4,7,12H2,1-3H3. The fourth-order valence-electron chi connectivity index (χ4n) is 1.43. The number of hydrogen-bond donors (Lipinski definition) is 2. The molecule has 0 amide bonds. The van der Waals surface area contributed by atoms with Crippen LogP contribution >= 0.6 is 11.3 Å². The molecule has 0 aromatic carbocycles. The van der Waals surface area contributed by atoms with E-state index in [1.807, 2.05) is 11.3 Å². The second-order valence-electron chi connectivity index (χ2n) is 3.94. The largest absolute Gasteiger partial charge is 0.271 e. The van der Waals surface area contributed by atoms with Gasteiger partial charge in [0.2, 0.25) is 0 Å². The van der Waals surface area contributed by atoms with Crippen LogP contribution in [0.3, 0.4) is 0 Å². The van der Waals surface area contributed by atoms with Crippen LogP contribution in [-0.2, 0) is 12.8 Å². The molecule has 80 valence electrons. The predicted octanol–water partition coefficient (Wildman–Crippen LogP) is 2.34. The molecule has 1 aromatic heterocycles. The van der Waals surface area contributed by atoms with Crippen LogP contribution in [0.4, 0.5) is 0 Å². The summed E-state index contributed by atoms with van der Waals surface area (Å²) in [6, 6.07) is 4.82. The predicted molar refractivity (Wildman–Crippen MR) is 63.4 cm³/mol. The maximum atomic E-state index is 5.52. The summed E-state index contributed by atoms with van der Waals surface area (Å²) < 4.78 is 0. The van der Waals surface area contributed by atoms with E-state index < -0.39 is 0 Å². The van der Waals surface area contributed by atoms with Crippen molar-refractivity contribution >= 4 is 11.3 Å². The minimum absolute atomic E-state index is 0.387. The first-order valence-corrected chi connectivity index (χ1v) is 6.02. The van der Waals surface area contributed by atoms with Gasteiger partial charge in [0.05, 0.1) is 0 Å². The molecule has 1 aromatic rings. The van der Waals surface area contributed by atoms with Crippen molar-refractivity contribution in [3.05, 3.63) is 21.9 Å². The van der Waals surface area contributed by atoms with Crippen molar-refractivity contribution in [3.63, 3.8) is 0 Å². The van der Waals surface area contributed by atoms with Crippen LogP contribution in [-0.4, -0.2) is 6.04 Å². The molecule has 1 unspecified atom stereocenters. The molecule has 1 rings (SSSR count). The van der Waals surface area contributed by atoms with Gasteiger partial charge in [-0.2, -0.15) is 0 Å². The SMILES string of the molecule is CCc1ccc(CC(NN)C(C)C)s1. The van der Waals surface area contributed by atoms with E-state index >= 15 is 0 Å².